The third kappa shape index (κ3) is 2.79. The molecule has 5 nitrogen and oxygen atoms in total. The van der Waals surface area contributed by atoms with Crippen LogP contribution >= 0.6 is 0 Å². The number of hydrogen-bond donors (Lipinski definition) is 2. The van der Waals surface area contributed by atoms with Gasteiger partial charge in [0, 0.05) is 6.54 Å². The number of aliphatic carboxylic acids is 1. The molecule has 2 N–H and O–H groups in total. The summed E-state index contributed by atoms with van der Waals surface area (Å²) in [7, 11) is -3.67. The largest absolute Gasteiger partial charge is 0.480 e. The predicted molar refractivity (Wildman–Crippen MR) is 70.0 cm³/mol. The molecular weight excluding hydrogens is 266 g/mol. The monoisotopic (exact) mass is 287 g/mol. The molecule has 0 amide bonds. The first kappa shape index (κ1) is 13.4. The average Bonchev–Trinajstić information content (AvgIpc) is 2.23. The maximum absolute atomic E-state index is 11.6. The van der Waals surface area contributed by atoms with Crippen molar-refractivity contribution in [3.8, 4) is 0 Å². The van der Waals surface area contributed by atoms with Gasteiger partial charge in [0.25, 0.3) is 0 Å². The minimum absolute atomic E-state index is 0.111. The molecule has 0 aromatic rings. The zero-order chi connectivity index (χ0) is 13.7. The van der Waals surface area contributed by atoms with Gasteiger partial charge in [-0.2, -0.15) is 0 Å². The molecule has 0 atom stereocenters. The van der Waals surface area contributed by atoms with Crippen LogP contribution in [0.5, 0.6) is 0 Å². The maximum Gasteiger partial charge on any atom is 0.320 e. The fraction of sp³-hybridized carbons (Fsp3) is 0.923. The average molecular weight is 287 g/mol. The number of carbonyl (C=O) groups is 1. The summed E-state index contributed by atoms with van der Waals surface area (Å²) >= 11 is 0. The van der Waals surface area contributed by atoms with Gasteiger partial charge in [0.05, 0.1) is 0 Å². The summed E-state index contributed by atoms with van der Waals surface area (Å²) in [4.78, 5) is 10.5. The van der Waals surface area contributed by atoms with Crippen molar-refractivity contribution in [3.05, 3.63) is 0 Å². The van der Waals surface area contributed by atoms with E-state index in [1.54, 1.807) is 0 Å². The van der Waals surface area contributed by atoms with Gasteiger partial charge in [0.1, 0.15) is 0 Å². The second-order valence-electron chi connectivity index (χ2n) is 6.89. The Morgan fingerprint density at radius 2 is 1.58 bits per heavy atom. The van der Waals surface area contributed by atoms with Gasteiger partial charge in [-0.25, -0.2) is 13.1 Å². The number of carboxylic acid groups (broad SMARTS) is 1. The van der Waals surface area contributed by atoms with Crippen molar-refractivity contribution in [2.45, 2.75) is 38.5 Å². The number of rotatable bonds is 5. The standard InChI is InChI=1S/C13H21NO4S/c15-12(16)7-19(17,18)14-8-13-4-9-1-10(5-13)3-11(2-9)6-13/h9-11,14H,1-8H2,(H,15,16). The lowest BCUT2D eigenvalue weighted by Crippen LogP contribution is -2.51. The Morgan fingerprint density at radius 1 is 1.11 bits per heavy atom. The molecule has 4 aliphatic carbocycles. The molecule has 4 bridgehead atoms. The third-order valence-corrected chi connectivity index (χ3v) is 6.36. The Labute approximate surface area is 113 Å². The van der Waals surface area contributed by atoms with Gasteiger partial charge >= 0.3 is 5.97 Å². The highest BCUT2D eigenvalue weighted by molar-refractivity contribution is 7.90. The summed E-state index contributed by atoms with van der Waals surface area (Å²) in [5.74, 6) is 0.206. The summed E-state index contributed by atoms with van der Waals surface area (Å²) in [6.45, 7) is 0.437. The third-order valence-electron chi connectivity index (χ3n) is 5.15. The highest BCUT2D eigenvalue weighted by atomic mass is 32.2. The summed E-state index contributed by atoms with van der Waals surface area (Å²) < 4.78 is 25.8. The van der Waals surface area contributed by atoms with Crippen molar-refractivity contribution in [1.82, 2.24) is 4.72 Å². The lowest BCUT2D eigenvalue weighted by Gasteiger charge is -2.56. The van der Waals surface area contributed by atoms with Crippen molar-refractivity contribution >= 4 is 16.0 Å². The molecular formula is C13H21NO4S. The fourth-order valence-electron chi connectivity index (χ4n) is 4.98. The Bertz CT molecular complexity index is 450. The van der Waals surface area contributed by atoms with E-state index < -0.39 is 21.7 Å². The molecule has 108 valence electrons. The molecule has 4 fully saturated rings. The van der Waals surface area contributed by atoms with Gasteiger partial charge in [-0.3, -0.25) is 4.79 Å². The first-order chi connectivity index (χ1) is 8.86. The van der Waals surface area contributed by atoms with Crippen molar-refractivity contribution in [2.24, 2.45) is 23.2 Å². The number of hydrogen-bond acceptors (Lipinski definition) is 3. The summed E-state index contributed by atoms with van der Waals surface area (Å²) in [5, 5.41) is 8.59. The summed E-state index contributed by atoms with van der Waals surface area (Å²) in [6.07, 6.45) is 7.32. The zero-order valence-electron chi connectivity index (χ0n) is 11.0. The van der Waals surface area contributed by atoms with Crippen molar-refractivity contribution in [2.75, 3.05) is 12.3 Å². The van der Waals surface area contributed by atoms with Crippen LogP contribution in [-0.4, -0.2) is 31.8 Å². The molecule has 19 heavy (non-hydrogen) atoms. The van der Waals surface area contributed by atoms with E-state index in [0.29, 0.717) is 6.54 Å². The molecule has 0 heterocycles. The Morgan fingerprint density at radius 3 is 2.00 bits per heavy atom. The topological polar surface area (TPSA) is 83.5 Å². The second kappa shape index (κ2) is 4.45. The van der Waals surface area contributed by atoms with Crippen LogP contribution in [0.15, 0.2) is 0 Å². The normalized spacial score (nSPS) is 40.5. The summed E-state index contributed by atoms with van der Waals surface area (Å²) in [6, 6.07) is 0. The van der Waals surface area contributed by atoms with E-state index >= 15 is 0 Å². The van der Waals surface area contributed by atoms with E-state index in [1.807, 2.05) is 0 Å². The number of sulfonamides is 1. The molecule has 0 unspecified atom stereocenters. The predicted octanol–water partition coefficient (Wildman–Crippen LogP) is 1.21. The molecule has 4 saturated carbocycles. The minimum Gasteiger partial charge on any atom is -0.480 e. The van der Waals surface area contributed by atoms with Gasteiger partial charge in [-0.05, 0) is 61.7 Å². The van der Waals surface area contributed by atoms with Gasteiger partial charge in [0.2, 0.25) is 10.0 Å². The van der Waals surface area contributed by atoms with E-state index in [9.17, 15) is 13.2 Å². The van der Waals surface area contributed by atoms with Crippen molar-refractivity contribution in [1.29, 1.82) is 0 Å². The van der Waals surface area contributed by atoms with Crippen molar-refractivity contribution in [3.63, 3.8) is 0 Å². The van der Waals surface area contributed by atoms with Gasteiger partial charge in [-0.1, -0.05) is 0 Å². The number of nitrogens with one attached hydrogen (secondary N) is 1. The highest BCUT2D eigenvalue weighted by Gasteiger charge is 2.50. The van der Waals surface area contributed by atoms with E-state index in [-0.39, 0.29) is 5.41 Å². The lowest BCUT2D eigenvalue weighted by atomic mass is 9.50. The molecule has 0 radical (unpaired) electrons. The Hall–Kier alpha value is -0.620. The van der Waals surface area contributed by atoms with E-state index in [1.165, 1.54) is 19.3 Å². The van der Waals surface area contributed by atoms with Crippen molar-refractivity contribution < 1.29 is 18.3 Å². The van der Waals surface area contributed by atoms with Crippen LogP contribution in [0.2, 0.25) is 0 Å². The fourth-order valence-corrected chi connectivity index (χ4v) is 5.94. The molecule has 0 saturated heterocycles. The first-order valence-corrected chi connectivity index (χ1v) is 8.70. The number of carboxylic acids is 1. The molecule has 4 rings (SSSR count). The summed E-state index contributed by atoms with van der Waals surface area (Å²) in [5.41, 5.74) is 0.111. The van der Waals surface area contributed by atoms with Crippen LogP contribution in [0.3, 0.4) is 0 Å². The maximum atomic E-state index is 11.6. The van der Waals surface area contributed by atoms with Crippen LogP contribution < -0.4 is 4.72 Å². The SMILES string of the molecule is O=C(O)CS(=O)(=O)NCC12CC3CC(CC(C3)C1)C2. The van der Waals surface area contributed by atoms with Gasteiger partial charge in [0.15, 0.2) is 5.75 Å². The van der Waals surface area contributed by atoms with Crippen LogP contribution in [0.1, 0.15) is 38.5 Å². The second-order valence-corrected chi connectivity index (χ2v) is 8.70. The molecule has 0 aromatic carbocycles. The van der Waals surface area contributed by atoms with Gasteiger partial charge < -0.3 is 5.11 Å². The van der Waals surface area contributed by atoms with E-state index in [2.05, 4.69) is 4.72 Å². The van der Waals surface area contributed by atoms with Crippen LogP contribution in [0.25, 0.3) is 0 Å². The lowest BCUT2D eigenvalue weighted by molar-refractivity contribution is -0.134. The first-order valence-electron chi connectivity index (χ1n) is 7.05. The van der Waals surface area contributed by atoms with Crippen LogP contribution in [0, 0.1) is 23.2 Å². The smallest absolute Gasteiger partial charge is 0.320 e. The minimum atomic E-state index is -3.67. The van der Waals surface area contributed by atoms with Crippen LogP contribution in [-0.2, 0) is 14.8 Å². The molecule has 0 spiro atoms. The highest BCUT2D eigenvalue weighted by Crippen LogP contribution is 2.59. The molecule has 6 heteroatoms. The molecule has 4 aliphatic rings. The zero-order valence-corrected chi connectivity index (χ0v) is 11.8. The van der Waals surface area contributed by atoms with E-state index in [4.69, 9.17) is 5.11 Å². The van der Waals surface area contributed by atoms with Crippen LogP contribution in [0.4, 0.5) is 0 Å². The Kier molecular flexibility index (Phi) is 3.13. The quantitative estimate of drug-likeness (QED) is 0.796. The van der Waals surface area contributed by atoms with E-state index in [0.717, 1.165) is 37.0 Å². The van der Waals surface area contributed by atoms with Gasteiger partial charge in [-0.15, -0.1) is 0 Å². The molecule has 0 aromatic heterocycles. The Balaban J connectivity index is 1.65. The molecule has 0 aliphatic heterocycles.